The Hall–Kier alpha value is -0.900. The van der Waals surface area contributed by atoms with E-state index in [1.807, 2.05) is 6.07 Å². The molecule has 6 heteroatoms. The van der Waals surface area contributed by atoms with Gasteiger partial charge in [0.25, 0.3) is 0 Å². The van der Waals surface area contributed by atoms with Crippen molar-refractivity contribution in [2.45, 2.75) is 10.6 Å². The van der Waals surface area contributed by atoms with Gasteiger partial charge in [-0.05, 0) is 24.1 Å². The monoisotopic (exact) mass is 216 g/mol. The van der Waals surface area contributed by atoms with Crippen molar-refractivity contribution in [1.29, 1.82) is 5.26 Å². The Bertz CT molecular complexity index is 428. The normalized spacial score (nSPS) is 11.1. The Balaban J connectivity index is 3.17. The molecule has 0 aliphatic rings. The van der Waals surface area contributed by atoms with Crippen LogP contribution in [-0.2, 0) is 16.4 Å². The Morgan fingerprint density at radius 3 is 2.92 bits per heavy atom. The highest BCUT2D eigenvalue weighted by Gasteiger charge is 2.17. The molecule has 0 spiro atoms. The van der Waals surface area contributed by atoms with E-state index in [0.717, 1.165) is 11.3 Å². The van der Waals surface area contributed by atoms with E-state index >= 15 is 0 Å². The molecular formula is C7H8N2O2S2. The van der Waals surface area contributed by atoms with Crippen LogP contribution < -0.4 is 4.72 Å². The first kappa shape index (κ1) is 10.2. The van der Waals surface area contributed by atoms with Crippen molar-refractivity contribution in [3.63, 3.8) is 0 Å². The number of hydrogen-bond acceptors (Lipinski definition) is 4. The Morgan fingerprint density at radius 2 is 2.38 bits per heavy atom. The summed E-state index contributed by atoms with van der Waals surface area (Å²) in [7, 11) is -2.04. The molecule has 4 nitrogen and oxygen atoms in total. The fourth-order valence-electron chi connectivity index (χ4n) is 0.867. The Labute approximate surface area is 80.9 Å². The highest BCUT2D eigenvalue weighted by Crippen LogP contribution is 2.22. The molecule has 1 aromatic rings. The maximum atomic E-state index is 11.3. The van der Waals surface area contributed by atoms with Gasteiger partial charge in [-0.3, -0.25) is 0 Å². The molecule has 1 aromatic heterocycles. The number of nitrogens with one attached hydrogen (secondary N) is 1. The second kappa shape index (κ2) is 3.87. The summed E-state index contributed by atoms with van der Waals surface area (Å²) in [6, 6.07) is 3.57. The zero-order valence-corrected chi connectivity index (χ0v) is 8.58. The molecule has 1 heterocycles. The van der Waals surface area contributed by atoms with E-state index in [2.05, 4.69) is 4.72 Å². The smallest absolute Gasteiger partial charge is 0.214 e. The predicted octanol–water partition coefficient (Wildman–Crippen LogP) is 0.722. The number of rotatable bonds is 3. The summed E-state index contributed by atoms with van der Waals surface area (Å²) in [6.07, 6.45) is 0.125. The van der Waals surface area contributed by atoms with Crippen molar-refractivity contribution in [3.8, 4) is 6.07 Å². The van der Waals surface area contributed by atoms with Crippen molar-refractivity contribution in [2.75, 3.05) is 7.05 Å². The summed E-state index contributed by atoms with van der Waals surface area (Å²) in [4.78, 5) is 0. The van der Waals surface area contributed by atoms with Gasteiger partial charge in [-0.1, -0.05) is 0 Å². The van der Waals surface area contributed by atoms with Crippen molar-refractivity contribution >= 4 is 21.4 Å². The van der Waals surface area contributed by atoms with E-state index in [1.165, 1.54) is 7.05 Å². The highest BCUT2D eigenvalue weighted by atomic mass is 32.2. The molecule has 0 saturated heterocycles. The molecule has 0 fully saturated rings. The summed E-state index contributed by atoms with van der Waals surface area (Å²) in [5.41, 5.74) is 0.557. The lowest BCUT2D eigenvalue weighted by Crippen LogP contribution is -2.18. The van der Waals surface area contributed by atoms with Gasteiger partial charge < -0.3 is 0 Å². The summed E-state index contributed by atoms with van der Waals surface area (Å²) in [5.74, 6) is 0. The third-order valence-corrected chi connectivity index (χ3v) is 4.47. The second-order valence-electron chi connectivity index (χ2n) is 2.28. The molecule has 0 aliphatic heterocycles. The number of hydrogen-bond donors (Lipinski definition) is 1. The molecule has 70 valence electrons. The van der Waals surface area contributed by atoms with Crippen LogP contribution in [0.25, 0.3) is 0 Å². The minimum Gasteiger partial charge on any atom is -0.214 e. The van der Waals surface area contributed by atoms with Crippen LogP contribution in [-0.4, -0.2) is 15.5 Å². The van der Waals surface area contributed by atoms with E-state index in [4.69, 9.17) is 5.26 Å². The third kappa shape index (κ3) is 2.06. The molecule has 0 atom stereocenters. The lowest BCUT2D eigenvalue weighted by molar-refractivity contribution is 0.589. The number of nitriles is 1. The fourth-order valence-corrected chi connectivity index (χ4v) is 3.11. The quantitative estimate of drug-likeness (QED) is 0.809. The SMILES string of the molecule is CNS(=O)(=O)c1sccc1CC#N. The lowest BCUT2D eigenvalue weighted by Gasteiger charge is -1.99. The van der Waals surface area contributed by atoms with Gasteiger partial charge in [-0.25, -0.2) is 13.1 Å². The summed E-state index contributed by atoms with van der Waals surface area (Å²) in [5, 5.41) is 10.1. The second-order valence-corrected chi connectivity index (χ2v) is 5.27. The zero-order valence-electron chi connectivity index (χ0n) is 6.94. The van der Waals surface area contributed by atoms with Gasteiger partial charge in [0, 0.05) is 0 Å². The molecule has 0 aliphatic carbocycles. The first-order valence-electron chi connectivity index (χ1n) is 3.48. The molecule has 1 N–H and O–H groups in total. The Kier molecular flexibility index (Phi) is 3.03. The molecule has 13 heavy (non-hydrogen) atoms. The predicted molar refractivity (Wildman–Crippen MR) is 49.9 cm³/mol. The van der Waals surface area contributed by atoms with Crippen molar-refractivity contribution < 1.29 is 8.42 Å². The lowest BCUT2D eigenvalue weighted by atomic mass is 10.3. The molecule has 0 bridgehead atoms. The first-order chi connectivity index (χ1) is 6.11. The minimum absolute atomic E-state index is 0.125. The zero-order chi connectivity index (χ0) is 9.90. The van der Waals surface area contributed by atoms with Gasteiger partial charge >= 0.3 is 0 Å². The van der Waals surface area contributed by atoms with E-state index < -0.39 is 10.0 Å². The minimum atomic E-state index is -3.39. The van der Waals surface area contributed by atoms with Crippen LogP contribution >= 0.6 is 11.3 Å². The maximum absolute atomic E-state index is 11.3. The van der Waals surface area contributed by atoms with Crippen LogP contribution in [0.1, 0.15) is 5.56 Å². The number of nitrogens with zero attached hydrogens (tertiary/aromatic N) is 1. The van der Waals surface area contributed by atoms with E-state index in [1.54, 1.807) is 11.4 Å². The van der Waals surface area contributed by atoms with Crippen LogP contribution in [0.5, 0.6) is 0 Å². The van der Waals surface area contributed by atoms with Gasteiger partial charge in [0.15, 0.2) is 0 Å². The van der Waals surface area contributed by atoms with Crippen molar-refractivity contribution in [2.24, 2.45) is 0 Å². The molecule has 0 aromatic carbocycles. The Morgan fingerprint density at radius 1 is 1.69 bits per heavy atom. The average Bonchev–Trinajstić information content (AvgIpc) is 2.54. The van der Waals surface area contributed by atoms with E-state index in [0.29, 0.717) is 5.56 Å². The van der Waals surface area contributed by atoms with Crippen LogP contribution in [0, 0.1) is 11.3 Å². The first-order valence-corrected chi connectivity index (χ1v) is 5.85. The van der Waals surface area contributed by atoms with Crippen LogP contribution in [0.3, 0.4) is 0 Å². The summed E-state index contributed by atoms with van der Waals surface area (Å²) >= 11 is 1.12. The average molecular weight is 216 g/mol. The largest absolute Gasteiger partial charge is 0.250 e. The standard InChI is InChI=1S/C7H8N2O2S2/c1-9-13(10,11)7-6(2-4-8)3-5-12-7/h3,5,9H,2H2,1H3. The van der Waals surface area contributed by atoms with Crippen LogP contribution in [0.15, 0.2) is 15.7 Å². The van der Waals surface area contributed by atoms with Gasteiger partial charge in [-0.15, -0.1) is 11.3 Å². The van der Waals surface area contributed by atoms with Gasteiger partial charge in [0.1, 0.15) is 4.21 Å². The van der Waals surface area contributed by atoms with Gasteiger partial charge in [-0.2, -0.15) is 5.26 Å². The molecule has 0 radical (unpaired) electrons. The molecule has 0 unspecified atom stereocenters. The van der Waals surface area contributed by atoms with Crippen LogP contribution in [0.4, 0.5) is 0 Å². The highest BCUT2D eigenvalue weighted by molar-refractivity contribution is 7.91. The molecular weight excluding hydrogens is 208 g/mol. The fraction of sp³-hybridized carbons (Fsp3) is 0.286. The molecule has 0 saturated carbocycles. The van der Waals surface area contributed by atoms with Crippen molar-refractivity contribution in [3.05, 3.63) is 17.0 Å². The van der Waals surface area contributed by atoms with Gasteiger partial charge in [0.05, 0.1) is 12.5 Å². The summed E-state index contributed by atoms with van der Waals surface area (Å²) < 4.78 is 25.1. The summed E-state index contributed by atoms with van der Waals surface area (Å²) in [6.45, 7) is 0. The van der Waals surface area contributed by atoms with Crippen LogP contribution in [0.2, 0.25) is 0 Å². The third-order valence-electron chi connectivity index (χ3n) is 1.49. The number of thiophene rings is 1. The van der Waals surface area contributed by atoms with Crippen molar-refractivity contribution in [1.82, 2.24) is 4.72 Å². The van der Waals surface area contributed by atoms with Gasteiger partial charge in [0.2, 0.25) is 10.0 Å². The van der Waals surface area contributed by atoms with E-state index in [-0.39, 0.29) is 10.6 Å². The number of sulfonamides is 1. The topological polar surface area (TPSA) is 70.0 Å². The maximum Gasteiger partial charge on any atom is 0.250 e. The molecule has 0 amide bonds. The molecule has 1 rings (SSSR count). The van der Waals surface area contributed by atoms with E-state index in [9.17, 15) is 8.42 Å².